The van der Waals surface area contributed by atoms with Crippen molar-refractivity contribution < 1.29 is 9.90 Å². The molecule has 0 aromatic heterocycles. The Kier molecular flexibility index (Phi) is 5.93. The van der Waals surface area contributed by atoms with Crippen molar-refractivity contribution in [2.24, 2.45) is 0 Å². The van der Waals surface area contributed by atoms with Gasteiger partial charge in [0.05, 0.1) is 11.6 Å². The molecule has 4 heteroatoms. The first kappa shape index (κ1) is 17.7. The quantitative estimate of drug-likeness (QED) is 0.847. The number of nitrogens with one attached hydrogen (secondary N) is 1. The minimum absolute atomic E-state index is 0.0515. The van der Waals surface area contributed by atoms with Crippen LogP contribution in [0.3, 0.4) is 0 Å². The van der Waals surface area contributed by atoms with E-state index in [4.69, 9.17) is 0 Å². The molecule has 0 saturated carbocycles. The third-order valence-corrected chi connectivity index (χ3v) is 3.70. The Balaban J connectivity index is 2.74. The van der Waals surface area contributed by atoms with Gasteiger partial charge < -0.3 is 10.4 Å². The molecule has 0 fully saturated rings. The summed E-state index contributed by atoms with van der Waals surface area (Å²) in [7, 11) is 0. The number of hydrogen-bond donors (Lipinski definition) is 2. The molecule has 1 atom stereocenters. The van der Waals surface area contributed by atoms with Crippen LogP contribution in [0.4, 0.5) is 5.69 Å². The Morgan fingerprint density at radius 2 is 1.95 bits per heavy atom. The maximum atomic E-state index is 12.4. The number of carbonyl (C=O) groups is 1. The highest BCUT2D eigenvalue weighted by molar-refractivity contribution is 5.94. The molecular weight excluding hydrogens is 264 g/mol. The highest BCUT2D eigenvalue weighted by Crippen LogP contribution is 2.15. The van der Waals surface area contributed by atoms with Crippen LogP contribution in [0.5, 0.6) is 0 Å². The van der Waals surface area contributed by atoms with Crippen LogP contribution in [-0.2, 0) is 4.79 Å². The van der Waals surface area contributed by atoms with E-state index in [1.165, 1.54) is 5.56 Å². The zero-order valence-electron chi connectivity index (χ0n) is 14.0. The minimum Gasteiger partial charge on any atom is -0.389 e. The first-order valence-corrected chi connectivity index (χ1v) is 7.48. The first-order chi connectivity index (χ1) is 9.64. The summed E-state index contributed by atoms with van der Waals surface area (Å²) in [6.07, 6.45) is 0. The van der Waals surface area contributed by atoms with Gasteiger partial charge in [0.1, 0.15) is 0 Å². The molecule has 118 valence electrons. The average Bonchev–Trinajstić information content (AvgIpc) is 2.38. The van der Waals surface area contributed by atoms with Crippen molar-refractivity contribution in [2.45, 2.75) is 53.2 Å². The molecule has 0 bridgehead atoms. The van der Waals surface area contributed by atoms with Gasteiger partial charge in [0, 0.05) is 12.2 Å². The maximum absolute atomic E-state index is 12.4. The summed E-state index contributed by atoms with van der Waals surface area (Å²) in [4.78, 5) is 14.3. The third-order valence-electron chi connectivity index (χ3n) is 3.70. The Morgan fingerprint density at radius 3 is 2.43 bits per heavy atom. The molecule has 2 N–H and O–H groups in total. The number of rotatable bonds is 6. The lowest BCUT2D eigenvalue weighted by molar-refractivity contribution is -0.121. The number of aryl methyl sites for hydroxylation is 2. The van der Waals surface area contributed by atoms with Gasteiger partial charge in [-0.05, 0) is 64.4 Å². The Morgan fingerprint density at radius 1 is 1.33 bits per heavy atom. The van der Waals surface area contributed by atoms with E-state index in [0.29, 0.717) is 13.1 Å². The molecule has 0 spiro atoms. The van der Waals surface area contributed by atoms with Crippen LogP contribution in [-0.4, -0.2) is 40.6 Å². The van der Waals surface area contributed by atoms with E-state index in [1.54, 1.807) is 13.8 Å². The van der Waals surface area contributed by atoms with Crippen molar-refractivity contribution in [1.82, 2.24) is 4.90 Å². The predicted octanol–water partition coefficient (Wildman–Crippen LogP) is 2.72. The minimum atomic E-state index is -0.814. The van der Waals surface area contributed by atoms with Crippen LogP contribution in [0.25, 0.3) is 0 Å². The lowest BCUT2D eigenvalue weighted by Gasteiger charge is -2.32. The van der Waals surface area contributed by atoms with Gasteiger partial charge in [-0.1, -0.05) is 13.0 Å². The van der Waals surface area contributed by atoms with E-state index < -0.39 is 5.60 Å². The largest absolute Gasteiger partial charge is 0.389 e. The smallest absolute Gasteiger partial charge is 0.241 e. The molecular formula is C17H28N2O2. The zero-order chi connectivity index (χ0) is 16.2. The summed E-state index contributed by atoms with van der Waals surface area (Å²) >= 11 is 0. The topological polar surface area (TPSA) is 52.6 Å². The van der Waals surface area contributed by atoms with E-state index in [-0.39, 0.29) is 11.9 Å². The number of benzene rings is 1. The number of likely N-dealkylation sites (N-methyl/N-ethyl adjacent to an activating group) is 1. The summed E-state index contributed by atoms with van der Waals surface area (Å²) < 4.78 is 0. The molecule has 0 aliphatic heterocycles. The van der Waals surface area contributed by atoms with Crippen molar-refractivity contribution >= 4 is 11.6 Å². The van der Waals surface area contributed by atoms with Crippen molar-refractivity contribution in [3.63, 3.8) is 0 Å². The van der Waals surface area contributed by atoms with Crippen LogP contribution in [0.2, 0.25) is 0 Å². The van der Waals surface area contributed by atoms with Crippen LogP contribution in [0.1, 0.15) is 38.8 Å². The van der Waals surface area contributed by atoms with Crippen molar-refractivity contribution in [3.05, 3.63) is 29.3 Å². The molecule has 1 aromatic rings. The van der Waals surface area contributed by atoms with Gasteiger partial charge in [-0.25, -0.2) is 0 Å². The van der Waals surface area contributed by atoms with Gasteiger partial charge in [0.2, 0.25) is 5.91 Å². The monoisotopic (exact) mass is 292 g/mol. The van der Waals surface area contributed by atoms with Gasteiger partial charge in [-0.3, -0.25) is 9.69 Å². The second kappa shape index (κ2) is 7.05. The predicted molar refractivity (Wildman–Crippen MR) is 87.6 cm³/mol. The molecule has 0 aliphatic rings. The molecule has 4 nitrogen and oxygen atoms in total. The first-order valence-electron chi connectivity index (χ1n) is 7.48. The van der Waals surface area contributed by atoms with Gasteiger partial charge in [-0.2, -0.15) is 0 Å². The fourth-order valence-corrected chi connectivity index (χ4v) is 2.25. The lowest BCUT2D eigenvalue weighted by Crippen LogP contribution is -2.48. The SMILES string of the molecule is CCN(CC(C)(C)O)C(C)C(=O)Nc1ccc(C)c(C)c1. The lowest BCUT2D eigenvalue weighted by atomic mass is 10.1. The summed E-state index contributed by atoms with van der Waals surface area (Å²) in [5.41, 5.74) is 2.36. The maximum Gasteiger partial charge on any atom is 0.241 e. The molecule has 0 aliphatic carbocycles. The fraction of sp³-hybridized carbons (Fsp3) is 0.588. The normalized spacial score (nSPS) is 13.3. The third kappa shape index (κ3) is 5.48. The van der Waals surface area contributed by atoms with Gasteiger partial charge in [0.15, 0.2) is 0 Å². The van der Waals surface area contributed by atoms with E-state index in [9.17, 15) is 9.90 Å². The Labute approximate surface area is 128 Å². The van der Waals surface area contributed by atoms with E-state index in [0.717, 1.165) is 11.3 Å². The highest BCUT2D eigenvalue weighted by Gasteiger charge is 2.25. The molecule has 0 radical (unpaired) electrons. The van der Waals surface area contributed by atoms with Gasteiger partial charge >= 0.3 is 0 Å². The molecule has 1 unspecified atom stereocenters. The molecule has 0 saturated heterocycles. The van der Waals surface area contributed by atoms with Crippen molar-refractivity contribution in [1.29, 1.82) is 0 Å². The molecule has 0 heterocycles. The van der Waals surface area contributed by atoms with Crippen LogP contribution >= 0.6 is 0 Å². The summed E-state index contributed by atoms with van der Waals surface area (Å²) in [5.74, 6) is -0.0515. The number of aliphatic hydroxyl groups is 1. The van der Waals surface area contributed by atoms with Gasteiger partial charge in [-0.15, -0.1) is 0 Å². The summed E-state index contributed by atoms with van der Waals surface area (Å²) in [5, 5.41) is 12.9. The van der Waals surface area contributed by atoms with Gasteiger partial charge in [0.25, 0.3) is 0 Å². The number of hydrogen-bond acceptors (Lipinski definition) is 3. The Hall–Kier alpha value is -1.39. The van der Waals surface area contributed by atoms with Crippen LogP contribution < -0.4 is 5.32 Å². The van der Waals surface area contributed by atoms with E-state index >= 15 is 0 Å². The molecule has 1 rings (SSSR count). The van der Waals surface area contributed by atoms with E-state index in [2.05, 4.69) is 5.32 Å². The summed E-state index contributed by atoms with van der Waals surface area (Å²) in [6.45, 7) is 12.6. The molecule has 1 amide bonds. The number of amides is 1. The Bertz CT molecular complexity index is 492. The van der Waals surface area contributed by atoms with Crippen LogP contribution in [0.15, 0.2) is 18.2 Å². The van der Waals surface area contributed by atoms with Crippen molar-refractivity contribution in [3.8, 4) is 0 Å². The zero-order valence-corrected chi connectivity index (χ0v) is 14.0. The highest BCUT2D eigenvalue weighted by atomic mass is 16.3. The average molecular weight is 292 g/mol. The molecule has 21 heavy (non-hydrogen) atoms. The molecule has 1 aromatic carbocycles. The number of anilines is 1. The second-order valence-electron chi connectivity index (χ2n) is 6.34. The number of carbonyl (C=O) groups excluding carboxylic acids is 1. The second-order valence-corrected chi connectivity index (χ2v) is 6.34. The van der Waals surface area contributed by atoms with Crippen LogP contribution in [0, 0.1) is 13.8 Å². The fourth-order valence-electron chi connectivity index (χ4n) is 2.25. The summed E-state index contributed by atoms with van der Waals surface area (Å²) in [6, 6.07) is 5.61. The van der Waals surface area contributed by atoms with E-state index in [1.807, 2.05) is 50.8 Å². The number of nitrogens with zero attached hydrogens (tertiary/aromatic N) is 1. The standard InChI is InChI=1S/C17H28N2O2/c1-7-19(11-17(5,6)21)14(4)16(20)18-15-9-8-12(2)13(3)10-15/h8-10,14,21H,7,11H2,1-6H3,(H,18,20). The van der Waals surface area contributed by atoms with Crippen molar-refractivity contribution in [2.75, 3.05) is 18.4 Å².